The van der Waals surface area contributed by atoms with E-state index in [1.807, 2.05) is 6.92 Å². The van der Waals surface area contributed by atoms with Crippen molar-refractivity contribution in [2.75, 3.05) is 0 Å². The highest BCUT2D eigenvalue weighted by Crippen LogP contribution is 2.63. The van der Waals surface area contributed by atoms with Crippen LogP contribution in [0.4, 0.5) is 0 Å². The minimum atomic E-state index is 0.278. The van der Waals surface area contributed by atoms with Gasteiger partial charge < -0.3 is 0 Å². The molecule has 0 saturated heterocycles. The Morgan fingerprint density at radius 1 is 1.00 bits per heavy atom. The molecule has 2 nitrogen and oxygen atoms in total. The highest BCUT2D eigenvalue weighted by Gasteiger charge is 2.57. The first kappa shape index (κ1) is 15.8. The second kappa shape index (κ2) is 5.70. The fourth-order valence-electron chi connectivity index (χ4n) is 7.53. The number of carbonyl (C=O) groups excluding carboxylic acids is 2. The van der Waals surface area contributed by atoms with Crippen molar-refractivity contribution >= 4 is 11.6 Å². The van der Waals surface area contributed by atoms with Crippen molar-refractivity contribution in [1.29, 1.82) is 0 Å². The van der Waals surface area contributed by atoms with E-state index < -0.39 is 0 Å². The Morgan fingerprint density at radius 2 is 1.83 bits per heavy atom. The Morgan fingerprint density at radius 3 is 2.61 bits per heavy atom. The molecule has 0 aromatic rings. The summed E-state index contributed by atoms with van der Waals surface area (Å²) in [5.74, 6) is 5.23. The lowest BCUT2D eigenvalue weighted by Gasteiger charge is -2.54. The fraction of sp³-hybridized carbons (Fsp3) is 0.905. The molecule has 4 rings (SSSR count). The van der Waals surface area contributed by atoms with Gasteiger partial charge >= 0.3 is 0 Å². The molecule has 0 spiro atoms. The predicted molar refractivity (Wildman–Crippen MR) is 90.9 cm³/mol. The SMILES string of the molecule is CC(=O)C1CCC2C3CCC4CC(=O)CCCC4C3CCC12C. The van der Waals surface area contributed by atoms with Gasteiger partial charge in [-0.05, 0) is 93.3 Å². The molecule has 0 N–H and O–H groups in total. The maximum absolute atomic E-state index is 12.1. The number of hydrogen-bond donors (Lipinski definition) is 0. The molecule has 128 valence electrons. The lowest BCUT2D eigenvalue weighted by Crippen LogP contribution is -2.48. The Labute approximate surface area is 140 Å². The molecule has 0 aliphatic heterocycles. The smallest absolute Gasteiger partial charge is 0.133 e. The molecule has 4 fully saturated rings. The van der Waals surface area contributed by atoms with Crippen molar-refractivity contribution < 1.29 is 9.59 Å². The van der Waals surface area contributed by atoms with E-state index in [1.54, 1.807) is 0 Å². The van der Waals surface area contributed by atoms with Crippen LogP contribution in [0.2, 0.25) is 0 Å². The van der Waals surface area contributed by atoms with Crippen LogP contribution in [-0.4, -0.2) is 11.6 Å². The molecule has 2 heteroatoms. The average molecular weight is 316 g/mol. The van der Waals surface area contributed by atoms with Crippen LogP contribution in [0.1, 0.15) is 78.1 Å². The zero-order chi connectivity index (χ0) is 16.2. The first-order chi connectivity index (χ1) is 11.0. The van der Waals surface area contributed by atoms with Gasteiger partial charge in [0.1, 0.15) is 11.6 Å². The largest absolute Gasteiger partial charge is 0.300 e. The van der Waals surface area contributed by atoms with Crippen LogP contribution in [0.15, 0.2) is 0 Å². The van der Waals surface area contributed by atoms with E-state index >= 15 is 0 Å². The van der Waals surface area contributed by atoms with Crippen molar-refractivity contribution in [3.8, 4) is 0 Å². The molecule has 0 radical (unpaired) electrons. The molecule has 7 unspecified atom stereocenters. The summed E-state index contributed by atoms with van der Waals surface area (Å²) in [6.45, 7) is 4.24. The van der Waals surface area contributed by atoms with Crippen LogP contribution >= 0.6 is 0 Å². The molecule has 4 aliphatic carbocycles. The minimum Gasteiger partial charge on any atom is -0.300 e. The Balaban J connectivity index is 1.58. The summed E-state index contributed by atoms with van der Waals surface area (Å²) in [5.41, 5.74) is 0.278. The summed E-state index contributed by atoms with van der Waals surface area (Å²) < 4.78 is 0. The summed E-state index contributed by atoms with van der Waals surface area (Å²) in [5, 5.41) is 0. The maximum atomic E-state index is 12.1. The Kier molecular flexibility index (Phi) is 3.93. The van der Waals surface area contributed by atoms with Crippen molar-refractivity contribution in [3.63, 3.8) is 0 Å². The minimum absolute atomic E-state index is 0.278. The first-order valence-electron chi connectivity index (χ1n) is 10.0. The monoisotopic (exact) mass is 316 g/mol. The first-order valence-corrected chi connectivity index (χ1v) is 10.0. The zero-order valence-corrected chi connectivity index (χ0v) is 14.9. The van der Waals surface area contributed by atoms with Crippen molar-refractivity contribution in [2.45, 2.75) is 78.1 Å². The van der Waals surface area contributed by atoms with Gasteiger partial charge in [0.05, 0.1) is 0 Å². The van der Waals surface area contributed by atoms with Crippen LogP contribution in [-0.2, 0) is 9.59 Å². The lowest BCUT2D eigenvalue weighted by atomic mass is 9.50. The summed E-state index contributed by atoms with van der Waals surface area (Å²) >= 11 is 0. The van der Waals surface area contributed by atoms with E-state index in [4.69, 9.17) is 0 Å². The molecular formula is C21H32O2. The number of Topliss-reactive ketones (excluding diaryl/α,β-unsaturated/α-hetero) is 2. The van der Waals surface area contributed by atoms with Gasteiger partial charge in [-0.2, -0.15) is 0 Å². The number of fused-ring (bicyclic) bond motifs is 5. The molecular weight excluding hydrogens is 284 g/mol. The quantitative estimate of drug-likeness (QED) is 0.696. The van der Waals surface area contributed by atoms with Gasteiger partial charge in [-0.15, -0.1) is 0 Å². The zero-order valence-electron chi connectivity index (χ0n) is 14.9. The maximum Gasteiger partial charge on any atom is 0.133 e. The van der Waals surface area contributed by atoms with Crippen LogP contribution in [0.25, 0.3) is 0 Å². The van der Waals surface area contributed by atoms with Crippen molar-refractivity contribution in [3.05, 3.63) is 0 Å². The topological polar surface area (TPSA) is 34.1 Å². The third-order valence-electron chi connectivity index (χ3n) is 8.49. The molecule has 0 aromatic heterocycles. The van der Waals surface area contributed by atoms with Gasteiger partial charge in [0.25, 0.3) is 0 Å². The third kappa shape index (κ3) is 2.43. The van der Waals surface area contributed by atoms with Crippen LogP contribution in [0.3, 0.4) is 0 Å². The van der Waals surface area contributed by atoms with E-state index in [1.165, 1.54) is 38.5 Å². The van der Waals surface area contributed by atoms with Gasteiger partial charge in [-0.3, -0.25) is 9.59 Å². The normalized spacial score (nSPS) is 49.7. The predicted octanol–water partition coefficient (Wildman–Crippen LogP) is 4.80. The second-order valence-corrected chi connectivity index (χ2v) is 9.36. The lowest BCUT2D eigenvalue weighted by molar-refractivity contribution is -0.128. The van der Waals surface area contributed by atoms with E-state index in [-0.39, 0.29) is 5.41 Å². The number of ketones is 2. The Bertz CT molecular complexity index is 510. The molecule has 23 heavy (non-hydrogen) atoms. The summed E-state index contributed by atoms with van der Waals surface area (Å²) in [4.78, 5) is 24.2. The number of hydrogen-bond acceptors (Lipinski definition) is 2. The van der Waals surface area contributed by atoms with Gasteiger partial charge in [-0.1, -0.05) is 6.92 Å². The molecule has 0 heterocycles. The summed E-state index contributed by atoms with van der Waals surface area (Å²) in [7, 11) is 0. The Hall–Kier alpha value is -0.660. The van der Waals surface area contributed by atoms with Gasteiger partial charge in [0, 0.05) is 18.8 Å². The third-order valence-corrected chi connectivity index (χ3v) is 8.49. The highest BCUT2D eigenvalue weighted by molar-refractivity contribution is 5.79. The van der Waals surface area contributed by atoms with Crippen LogP contribution in [0.5, 0.6) is 0 Å². The number of rotatable bonds is 1. The summed E-state index contributed by atoms with van der Waals surface area (Å²) in [6.07, 6.45) is 11.7. The highest BCUT2D eigenvalue weighted by atomic mass is 16.1. The molecule has 7 atom stereocenters. The number of carbonyl (C=O) groups is 2. The molecule has 0 bridgehead atoms. The average Bonchev–Trinajstić information content (AvgIpc) is 2.74. The van der Waals surface area contributed by atoms with Gasteiger partial charge in [-0.25, -0.2) is 0 Å². The van der Waals surface area contributed by atoms with E-state index in [0.29, 0.717) is 23.4 Å². The van der Waals surface area contributed by atoms with E-state index in [0.717, 1.165) is 49.4 Å². The summed E-state index contributed by atoms with van der Waals surface area (Å²) in [6, 6.07) is 0. The standard InChI is InChI=1S/C21H32O2/c1-13(22)19-8-9-20-18-7-6-14-12-15(23)4-3-5-16(14)17(18)10-11-21(19,20)2/h14,16-20H,3-12H2,1-2H3. The van der Waals surface area contributed by atoms with Crippen molar-refractivity contribution in [2.24, 2.45) is 40.9 Å². The fourth-order valence-corrected chi connectivity index (χ4v) is 7.53. The van der Waals surface area contributed by atoms with Crippen LogP contribution in [0, 0.1) is 40.9 Å². The van der Waals surface area contributed by atoms with Gasteiger partial charge in [0.2, 0.25) is 0 Å². The van der Waals surface area contributed by atoms with E-state index in [2.05, 4.69) is 6.92 Å². The molecule has 0 aromatic carbocycles. The molecule has 4 aliphatic rings. The molecule has 0 amide bonds. The second-order valence-electron chi connectivity index (χ2n) is 9.36. The van der Waals surface area contributed by atoms with Gasteiger partial charge in [0.15, 0.2) is 0 Å². The van der Waals surface area contributed by atoms with E-state index in [9.17, 15) is 9.59 Å². The molecule has 4 saturated carbocycles. The van der Waals surface area contributed by atoms with Crippen LogP contribution < -0.4 is 0 Å². The van der Waals surface area contributed by atoms with Crippen molar-refractivity contribution in [1.82, 2.24) is 0 Å².